The number of hydrazine groups is 1. The first-order chi connectivity index (χ1) is 8.88. The van der Waals surface area contributed by atoms with Crippen molar-refractivity contribution in [1.29, 1.82) is 0 Å². The number of nitrogens with zero attached hydrogens (tertiary/aromatic N) is 4. The number of benzene rings is 1. The second-order valence-corrected chi connectivity index (χ2v) is 3.89. The molecule has 0 unspecified atom stereocenters. The Labute approximate surface area is 103 Å². The monoisotopic (exact) mass is 240 g/mol. The van der Waals surface area contributed by atoms with Crippen molar-refractivity contribution in [1.82, 2.24) is 19.7 Å². The van der Waals surface area contributed by atoms with Crippen LogP contribution in [0.4, 0.5) is 5.82 Å². The molecule has 3 aromatic rings. The van der Waals surface area contributed by atoms with Gasteiger partial charge in [-0.25, -0.2) is 20.5 Å². The summed E-state index contributed by atoms with van der Waals surface area (Å²) >= 11 is 0. The number of aromatic nitrogens is 4. The summed E-state index contributed by atoms with van der Waals surface area (Å²) in [5.74, 6) is 5.98. The molecule has 18 heavy (non-hydrogen) atoms. The van der Waals surface area contributed by atoms with Gasteiger partial charge in [-0.15, -0.1) is 0 Å². The Bertz CT molecular complexity index is 661. The van der Waals surface area contributed by atoms with Gasteiger partial charge in [0.2, 0.25) is 0 Å². The lowest BCUT2D eigenvalue weighted by Gasteiger charge is -2.03. The maximum absolute atomic E-state index is 5.40. The summed E-state index contributed by atoms with van der Waals surface area (Å²) in [6.07, 6.45) is 3.19. The van der Waals surface area contributed by atoms with Crippen LogP contribution in [0.1, 0.15) is 5.56 Å². The quantitative estimate of drug-likeness (QED) is 0.530. The Morgan fingerprint density at radius 3 is 2.78 bits per heavy atom. The lowest BCUT2D eigenvalue weighted by Crippen LogP contribution is -2.09. The zero-order valence-corrected chi connectivity index (χ0v) is 9.61. The van der Waals surface area contributed by atoms with Gasteiger partial charge in [0, 0.05) is 0 Å². The number of nitrogen functional groups attached to an aromatic ring is 1. The minimum absolute atomic E-state index is 0.583. The molecule has 0 saturated heterocycles. The Hall–Kier alpha value is -2.47. The predicted molar refractivity (Wildman–Crippen MR) is 68.7 cm³/mol. The maximum atomic E-state index is 5.40. The third kappa shape index (κ3) is 1.78. The van der Waals surface area contributed by atoms with Crippen molar-refractivity contribution in [3.8, 4) is 0 Å². The largest absolute Gasteiger partial charge is 0.308 e. The number of nitrogens with two attached hydrogens (primary N) is 1. The Balaban J connectivity index is 2.03. The van der Waals surface area contributed by atoms with Crippen LogP contribution < -0.4 is 11.3 Å². The van der Waals surface area contributed by atoms with Crippen LogP contribution in [0.5, 0.6) is 0 Å². The van der Waals surface area contributed by atoms with Crippen molar-refractivity contribution in [3.63, 3.8) is 0 Å². The molecule has 0 atom stereocenters. The van der Waals surface area contributed by atoms with Gasteiger partial charge in [-0.2, -0.15) is 5.10 Å². The Morgan fingerprint density at radius 1 is 1.17 bits per heavy atom. The van der Waals surface area contributed by atoms with E-state index < -0.39 is 0 Å². The third-order valence-electron chi connectivity index (χ3n) is 2.75. The van der Waals surface area contributed by atoms with Crippen LogP contribution in [0.15, 0.2) is 42.9 Å². The molecule has 0 aliphatic rings. The van der Waals surface area contributed by atoms with E-state index in [0.29, 0.717) is 12.4 Å². The Morgan fingerprint density at radius 2 is 2.00 bits per heavy atom. The van der Waals surface area contributed by atoms with Crippen LogP contribution in [0.25, 0.3) is 11.0 Å². The van der Waals surface area contributed by atoms with Crippen LogP contribution >= 0.6 is 0 Å². The average Bonchev–Trinajstić information content (AvgIpc) is 2.83. The lowest BCUT2D eigenvalue weighted by atomic mass is 10.2. The molecule has 0 radical (unpaired) electrons. The van der Waals surface area contributed by atoms with Crippen molar-refractivity contribution in [2.75, 3.05) is 5.43 Å². The zero-order valence-electron chi connectivity index (χ0n) is 9.61. The molecule has 6 heteroatoms. The molecule has 1 aromatic carbocycles. The molecule has 0 saturated carbocycles. The number of hydrogen-bond acceptors (Lipinski definition) is 5. The SMILES string of the molecule is NNc1ncnc2c1cnn2Cc1ccccc1. The van der Waals surface area contributed by atoms with Crippen molar-refractivity contribution < 1.29 is 0 Å². The van der Waals surface area contributed by atoms with E-state index in [4.69, 9.17) is 5.84 Å². The minimum Gasteiger partial charge on any atom is -0.308 e. The highest BCUT2D eigenvalue weighted by atomic mass is 15.3. The topological polar surface area (TPSA) is 81.7 Å². The maximum Gasteiger partial charge on any atom is 0.163 e. The van der Waals surface area contributed by atoms with Crippen molar-refractivity contribution in [3.05, 3.63) is 48.4 Å². The standard InChI is InChI=1S/C12H12N6/c13-17-11-10-6-16-18(12(10)15-8-14-11)7-9-4-2-1-3-5-9/h1-6,8H,7,13H2,(H,14,15,17). The van der Waals surface area contributed by atoms with Crippen molar-refractivity contribution in [2.45, 2.75) is 6.54 Å². The summed E-state index contributed by atoms with van der Waals surface area (Å²) in [5, 5.41) is 5.13. The van der Waals surface area contributed by atoms with Gasteiger partial charge in [0.25, 0.3) is 0 Å². The summed E-state index contributed by atoms with van der Waals surface area (Å²) in [6, 6.07) is 10.1. The van der Waals surface area contributed by atoms with Gasteiger partial charge >= 0.3 is 0 Å². The van der Waals surface area contributed by atoms with Gasteiger partial charge in [-0.05, 0) is 5.56 Å². The number of fused-ring (bicyclic) bond motifs is 1. The van der Waals surface area contributed by atoms with Gasteiger partial charge in [0.15, 0.2) is 11.5 Å². The van der Waals surface area contributed by atoms with Crippen molar-refractivity contribution in [2.24, 2.45) is 5.84 Å². The third-order valence-corrected chi connectivity index (χ3v) is 2.75. The van der Waals surface area contributed by atoms with Crippen LogP contribution in [-0.4, -0.2) is 19.7 Å². The fourth-order valence-corrected chi connectivity index (χ4v) is 1.88. The molecule has 2 aromatic heterocycles. The highest BCUT2D eigenvalue weighted by Gasteiger charge is 2.08. The number of rotatable bonds is 3. The van der Waals surface area contributed by atoms with Crippen LogP contribution in [0, 0.1) is 0 Å². The summed E-state index contributed by atoms with van der Waals surface area (Å²) in [5.41, 5.74) is 4.48. The molecule has 0 aliphatic heterocycles. The molecule has 3 N–H and O–H groups in total. The van der Waals surface area contributed by atoms with E-state index in [1.54, 1.807) is 6.20 Å². The highest BCUT2D eigenvalue weighted by Crippen LogP contribution is 2.18. The van der Waals surface area contributed by atoms with E-state index in [0.717, 1.165) is 11.0 Å². The molecular weight excluding hydrogens is 228 g/mol. The summed E-state index contributed by atoms with van der Waals surface area (Å²) in [6.45, 7) is 0.672. The zero-order chi connectivity index (χ0) is 12.4. The van der Waals surface area contributed by atoms with Gasteiger partial charge in [0.05, 0.1) is 18.1 Å². The van der Waals surface area contributed by atoms with E-state index in [-0.39, 0.29) is 0 Å². The van der Waals surface area contributed by atoms with E-state index in [2.05, 4.69) is 32.6 Å². The summed E-state index contributed by atoms with van der Waals surface area (Å²) < 4.78 is 1.83. The molecule has 0 aliphatic carbocycles. The first-order valence-corrected chi connectivity index (χ1v) is 5.55. The molecule has 3 rings (SSSR count). The van der Waals surface area contributed by atoms with Gasteiger partial charge < -0.3 is 5.43 Å². The van der Waals surface area contributed by atoms with Gasteiger partial charge in [-0.3, -0.25) is 0 Å². The average molecular weight is 240 g/mol. The fraction of sp³-hybridized carbons (Fsp3) is 0.0833. The van der Waals surface area contributed by atoms with E-state index in [1.165, 1.54) is 11.9 Å². The van der Waals surface area contributed by atoms with Gasteiger partial charge in [0.1, 0.15) is 6.33 Å². The smallest absolute Gasteiger partial charge is 0.163 e. The molecule has 2 heterocycles. The first kappa shape index (κ1) is 10.7. The van der Waals surface area contributed by atoms with Crippen LogP contribution in [-0.2, 0) is 6.54 Å². The Kier molecular flexibility index (Phi) is 2.62. The second-order valence-electron chi connectivity index (χ2n) is 3.89. The molecule has 0 amide bonds. The summed E-state index contributed by atoms with van der Waals surface area (Å²) in [4.78, 5) is 8.28. The molecule has 0 spiro atoms. The molecule has 90 valence electrons. The lowest BCUT2D eigenvalue weighted by molar-refractivity contribution is 0.704. The first-order valence-electron chi connectivity index (χ1n) is 5.55. The molecular formula is C12H12N6. The highest BCUT2D eigenvalue weighted by molar-refractivity contribution is 5.85. The molecule has 0 bridgehead atoms. The van der Waals surface area contributed by atoms with E-state index in [1.807, 2.05) is 22.9 Å². The fourth-order valence-electron chi connectivity index (χ4n) is 1.88. The van der Waals surface area contributed by atoms with Crippen LogP contribution in [0.2, 0.25) is 0 Å². The molecule has 0 fully saturated rings. The van der Waals surface area contributed by atoms with E-state index >= 15 is 0 Å². The normalized spacial score (nSPS) is 10.7. The second kappa shape index (κ2) is 4.42. The number of anilines is 1. The van der Waals surface area contributed by atoms with E-state index in [9.17, 15) is 0 Å². The molecule has 6 nitrogen and oxygen atoms in total. The minimum atomic E-state index is 0.583. The van der Waals surface area contributed by atoms with Gasteiger partial charge in [-0.1, -0.05) is 30.3 Å². The van der Waals surface area contributed by atoms with Crippen molar-refractivity contribution >= 4 is 16.9 Å². The number of hydrogen-bond donors (Lipinski definition) is 2. The predicted octanol–water partition coefficient (Wildman–Crippen LogP) is 1.16. The number of nitrogens with one attached hydrogen (secondary N) is 1. The van der Waals surface area contributed by atoms with Crippen LogP contribution in [0.3, 0.4) is 0 Å². The summed E-state index contributed by atoms with van der Waals surface area (Å²) in [7, 11) is 0.